The van der Waals surface area contributed by atoms with E-state index in [4.69, 9.17) is 4.74 Å². The zero-order chi connectivity index (χ0) is 43.9. The van der Waals surface area contributed by atoms with E-state index in [1.54, 1.807) is 0 Å². The Bertz CT molecular complexity index is 1470. The first kappa shape index (κ1) is 51.1. The van der Waals surface area contributed by atoms with Gasteiger partial charge in [0.2, 0.25) is 6.35 Å². The molecule has 11 heteroatoms. The van der Waals surface area contributed by atoms with E-state index >= 15 is 0 Å². The van der Waals surface area contributed by atoms with E-state index in [9.17, 15) is 20.4 Å². The van der Waals surface area contributed by atoms with Gasteiger partial charge in [-0.3, -0.25) is 25.6 Å². The molecule has 1 saturated carbocycles. The molecule has 0 bridgehead atoms. The van der Waals surface area contributed by atoms with Gasteiger partial charge in [0.1, 0.15) is 23.8 Å². The highest BCUT2D eigenvalue weighted by atomic mass is 16.5. The Morgan fingerprint density at radius 3 is 2.29 bits per heavy atom. The second-order valence-corrected chi connectivity index (χ2v) is 19.8. The summed E-state index contributed by atoms with van der Waals surface area (Å²) in [6.45, 7) is 31.6. The summed E-state index contributed by atoms with van der Waals surface area (Å²) < 4.78 is 6.96. The van der Waals surface area contributed by atoms with Crippen molar-refractivity contribution >= 4 is 19.6 Å². The van der Waals surface area contributed by atoms with E-state index in [1.165, 1.54) is 40.7 Å². The molecule has 1 fully saturated rings. The Kier molecular flexibility index (Phi) is 21.1. The van der Waals surface area contributed by atoms with Crippen LogP contribution < -0.4 is 20.7 Å². The van der Waals surface area contributed by atoms with E-state index < -0.39 is 24.9 Å². The number of aliphatic imine (C=N–C) groups is 3. The van der Waals surface area contributed by atoms with E-state index in [0.717, 1.165) is 76.5 Å². The maximum Gasteiger partial charge on any atom is 0.201 e. The van der Waals surface area contributed by atoms with Gasteiger partial charge >= 0.3 is 0 Å². The first-order valence-electron chi connectivity index (χ1n) is 23.0. The first-order chi connectivity index (χ1) is 27.8. The highest BCUT2D eigenvalue weighted by Gasteiger charge is 2.46. The van der Waals surface area contributed by atoms with Crippen molar-refractivity contribution in [2.45, 2.75) is 208 Å². The molecule has 0 amide bonds. The highest BCUT2D eigenvalue weighted by Crippen LogP contribution is 2.55. The largest absolute Gasteiger partial charge is 0.487 e. The van der Waals surface area contributed by atoms with Crippen molar-refractivity contribution in [2.24, 2.45) is 38.1 Å². The van der Waals surface area contributed by atoms with E-state index in [2.05, 4.69) is 99.8 Å². The molecule has 3 rings (SSSR count). The number of fused-ring (bicyclic) bond motifs is 1. The lowest BCUT2D eigenvalue weighted by Gasteiger charge is -2.43. The van der Waals surface area contributed by atoms with E-state index in [-0.39, 0.29) is 34.9 Å². The van der Waals surface area contributed by atoms with Crippen LogP contribution in [-0.4, -0.2) is 102 Å². The molecule has 0 saturated heterocycles. The second kappa shape index (κ2) is 24.4. The lowest BCUT2D eigenvalue weighted by atomic mass is 9.73. The summed E-state index contributed by atoms with van der Waals surface area (Å²) in [6, 6.07) is -0.269. The molecular weight excluding hydrogens is 741 g/mol. The molecule has 1 aromatic rings. The third-order valence-corrected chi connectivity index (χ3v) is 13.1. The van der Waals surface area contributed by atoms with Gasteiger partial charge in [0.05, 0.1) is 12.1 Å². The fourth-order valence-electron chi connectivity index (χ4n) is 9.42. The van der Waals surface area contributed by atoms with E-state index in [0.29, 0.717) is 37.8 Å². The highest BCUT2D eigenvalue weighted by molar-refractivity contribution is 5.58. The number of unbranched alkanes of at least 4 members (excludes halogenated alkanes) is 3. The molecule has 1 aromatic carbocycles. The maximum absolute atomic E-state index is 11.2. The van der Waals surface area contributed by atoms with Gasteiger partial charge in [-0.25, -0.2) is 0 Å². The molecule has 11 nitrogen and oxygen atoms in total. The van der Waals surface area contributed by atoms with Gasteiger partial charge in [-0.1, -0.05) is 54.4 Å². The van der Waals surface area contributed by atoms with Gasteiger partial charge in [-0.05, 0) is 188 Å². The molecular formula is C48H86N6O5. The molecule has 0 aromatic heterocycles. The molecule has 1 aliphatic carbocycles. The van der Waals surface area contributed by atoms with Crippen LogP contribution in [0.1, 0.15) is 166 Å². The standard InChI is InChI=1S/C48H86N6O5/c1-31(2)21-23-47(8,9)30-48(10)24-22-37-35(7)42(33(5)34(6)44(37)59-48)39-28-38(39)40(55)19-20-41(56)52-26-16-14-13-15-25-51-29-36(18-17-27-53-46(58)50-12)54-45(57)43(49-11)32(3)4/h26,31-32,36,38-41,43,45-46,51,53-58H,11-25,27-30H2,1-10H3. The Morgan fingerprint density at radius 2 is 1.63 bits per heavy atom. The predicted molar refractivity (Wildman–Crippen MR) is 246 cm³/mol. The summed E-state index contributed by atoms with van der Waals surface area (Å²) in [5.74, 6) is 2.54. The van der Waals surface area contributed by atoms with Crippen LogP contribution in [0.15, 0.2) is 15.0 Å². The molecule has 0 radical (unpaired) electrons. The van der Waals surface area contributed by atoms with Crippen molar-refractivity contribution in [1.82, 2.24) is 16.0 Å². The Balaban J connectivity index is 1.38. The van der Waals surface area contributed by atoms with Crippen LogP contribution in [0.25, 0.3) is 0 Å². The lowest BCUT2D eigenvalue weighted by Crippen LogP contribution is -2.50. The van der Waals surface area contributed by atoms with Gasteiger partial charge in [0.15, 0.2) is 0 Å². The Hall–Kier alpha value is -2.25. The minimum atomic E-state index is -0.969. The number of nitrogens with zero attached hydrogens (tertiary/aromatic N) is 3. The first-order valence-corrected chi connectivity index (χ1v) is 23.0. The summed E-state index contributed by atoms with van der Waals surface area (Å²) in [5.41, 5.74) is 6.76. The van der Waals surface area contributed by atoms with Crippen molar-refractivity contribution in [1.29, 1.82) is 0 Å². The van der Waals surface area contributed by atoms with Crippen molar-refractivity contribution in [3.63, 3.8) is 0 Å². The minimum absolute atomic E-state index is 0.0250. The molecule has 9 unspecified atom stereocenters. The number of aliphatic hydroxyl groups excluding tert-OH is 4. The zero-order valence-corrected chi connectivity index (χ0v) is 38.8. The normalized spacial score (nSPS) is 22.5. The average molecular weight is 827 g/mol. The molecule has 9 atom stereocenters. The lowest BCUT2D eigenvalue weighted by molar-refractivity contribution is 0.0159. The van der Waals surface area contributed by atoms with Gasteiger partial charge in [-0.2, -0.15) is 0 Å². The predicted octanol–water partition coefficient (Wildman–Crippen LogP) is 7.68. The van der Waals surface area contributed by atoms with Crippen molar-refractivity contribution in [3.8, 4) is 5.75 Å². The Morgan fingerprint density at radius 1 is 0.898 bits per heavy atom. The SMILES string of the molecule is C=NC(O)NCCCC(CNCCCCCC=NC(O)CCC(O)C1CC1c1c(C)c(C)c2c(c1C)CCC(C)(CC(C)(C)CCC(C)C)O2)NC(O)C(N=C)C(C)C. The number of hydrogen-bond donors (Lipinski definition) is 7. The van der Waals surface area contributed by atoms with Crippen LogP contribution in [0.3, 0.4) is 0 Å². The fraction of sp³-hybridized carbons (Fsp3) is 0.812. The average Bonchev–Trinajstić information content (AvgIpc) is 3.96. The minimum Gasteiger partial charge on any atom is -0.487 e. The van der Waals surface area contributed by atoms with Crippen LogP contribution in [0.4, 0.5) is 0 Å². The molecule has 1 aliphatic heterocycles. The fourth-order valence-corrected chi connectivity index (χ4v) is 9.42. The monoisotopic (exact) mass is 827 g/mol. The van der Waals surface area contributed by atoms with Gasteiger partial charge in [0, 0.05) is 18.8 Å². The quantitative estimate of drug-likeness (QED) is 0.0236. The number of benzene rings is 1. The smallest absolute Gasteiger partial charge is 0.201 e. The third kappa shape index (κ3) is 16.5. The molecule has 1 heterocycles. The summed E-state index contributed by atoms with van der Waals surface area (Å²) in [5, 5.41) is 51.9. The van der Waals surface area contributed by atoms with Crippen LogP contribution in [0.2, 0.25) is 0 Å². The summed E-state index contributed by atoms with van der Waals surface area (Å²) >= 11 is 0. The third-order valence-electron chi connectivity index (χ3n) is 13.1. The number of ether oxygens (including phenoxy) is 1. The molecule has 338 valence electrons. The van der Waals surface area contributed by atoms with Gasteiger partial charge in [0.25, 0.3) is 0 Å². The molecule has 59 heavy (non-hydrogen) atoms. The van der Waals surface area contributed by atoms with Gasteiger partial charge in [-0.15, -0.1) is 0 Å². The van der Waals surface area contributed by atoms with E-state index in [1.807, 2.05) is 20.1 Å². The second-order valence-electron chi connectivity index (χ2n) is 19.8. The summed E-state index contributed by atoms with van der Waals surface area (Å²) in [6.07, 6.45) is 11.8. The van der Waals surface area contributed by atoms with Gasteiger partial charge < -0.3 is 30.5 Å². The van der Waals surface area contributed by atoms with Crippen LogP contribution in [0.5, 0.6) is 5.75 Å². The summed E-state index contributed by atoms with van der Waals surface area (Å²) in [7, 11) is 0. The number of rotatable bonds is 30. The van der Waals surface area contributed by atoms with Crippen molar-refractivity contribution < 1.29 is 25.2 Å². The summed E-state index contributed by atoms with van der Waals surface area (Å²) in [4.78, 5) is 12.0. The maximum atomic E-state index is 11.2. The van der Waals surface area contributed by atoms with Crippen LogP contribution >= 0.6 is 0 Å². The Labute approximate surface area is 358 Å². The van der Waals surface area contributed by atoms with Crippen LogP contribution in [0, 0.1) is 43.9 Å². The topological polar surface area (TPSA) is 163 Å². The van der Waals surface area contributed by atoms with Crippen LogP contribution in [-0.2, 0) is 6.42 Å². The van der Waals surface area contributed by atoms with Crippen molar-refractivity contribution in [2.75, 3.05) is 19.6 Å². The number of nitrogens with one attached hydrogen (secondary N) is 3. The molecule has 0 spiro atoms. The number of hydrogen-bond acceptors (Lipinski definition) is 11. The van der Waals surface area contributed by atoms with Crippen molar-refractivity contribution in [3.05, 3.63) is 27.8 Å². The molecule has 2 aliphatic rings. The molecule has 7 N–H and O–H groups in total. The zero-order valence-electron chi connectivity index (χ0n) is 38.8. The number of aliphatic hydroxyl groups is 4.